The second-order valence-corrected chi connectivity index (χ2v) is 14.3. The van der Waals surface area contributed by atoms with Gasteiger partial charge in [-0.25, -0.2) is 0 Å². The number of aldehydes is 1. The molecule has 0 aliphatic carbocycles. The molecule has 0 radical (unpaired) electrons. The molecule has 0 aromatic heterocycles. The molecule has 2 atom stereocenters. The van der Waals surface area contributed by atoms with Crippen molar-refractivity contribution in [3.63, 3.8) is 0 Å². The average molecular weight is 713 g/mol. The smallest absolute Gasteiger partial charge is 0.241 e. The Morgan fingerprint density at radius 3 is 2.20 bits per heavy atom. The van der Waals surface area contributed by atoms with Gasteiger partial charge >= 0.3 is 0 Å². The van der Waals surface area contributed by atoms with Crippen LogP contribution in [0.2, 0.25) is 0 Å². The third-order valence-electron chi connectivity index (χ3n) is 7.94. The first-order chi connectivity index (χ1) is 24.3. The maximum absolute atomic E-state index is 13.5. The Bertz CT molecular complexity index is 1560. The number of anilines is 1. The third-order valence-corrected chi connectivity index (χ3v) is 10.5. The number of amides is 1. The van der Waals surface area contributed by atoms with Crippen LogP contribution in [0.1, 0.15) is 76.7 Å². The monoisotopic (exact) mass is 712 g/mol. The van der Waals surface area contributed by atoms with Gasteiger partial charge in [0.1, 0.15) is 17.4 Å². The highest BCUT2D eigenvalue weighted by Crippen LogP contribution is 2.47. The second-order valence-electron chi connectivity index (χ2n) is 11.7. The highest BCUT2D eigenvalue weighted by atomic mass is 32.2. The maximum atomic E-state index is 13.5. The zero-order chi connectivity index (χ0) is 36.7. The average Bonchev–Trinajstić information content (AvgIpc) is 3.49. The molecule has 1 aliphatic heterocycles. The molecule has 1 saturated heterocycles. The quantitative estimate of drug-likeness (QED) is 0.0845. The Hall–Kier alpha value is -3.78. The number of unbranched alkanes of at least 4 members (excludes halogenated alkanes) is 1. The molecule has 0 spiro atoms. The Labute approximate surface area is 310 Å². The standard InChI is InChI=1S/C29H31NO3S2.C9H10.C4H10.CH5N/c1-20-7-11-24(12-8-20)29-30(25-6-4-5-23(17-25)19-31)28(32)27(35-29)14-16-34-15-13-22-10-9-21(2)26(18-22)33-3;1-2-6-9-7-4-3-5-8-9;1-3-4-2;1-2/h4-12,17-19,27,29H,13-16H2,1-3H3;2-5,7-8H,1,6H2;3-4H2,1-2H3;2H2,1H3. The lowest BCUT2D eigenvalue weighted by Crippen LogP contribution is -2.31. The van der Waals surface area contributed by atoms with Gasteiger partial charge in [0.25, 0.3) is 0 Å². The highest BCUT2D eigenvalue weighted by Gasteiger charge is 2.41. The molecular formula is C43H56N2O3S2. The summed E-state index contributed by atoms with van der Waals surface area (Å²) < 4.78 is 5.44. The van der Waals surface area contributed by atoms with E-state index in [2.05, 4.69) is 94.6 Å². The molecular weight excluding hydrogens is 657 g/mol. The summed E-state index contributed by atoms with van der Waals surface area (Å²) in [5.74, 6) is 2.98. The minimum Gasteiger partial charge on any atom is -0.496 e. The number of benzene rings is 4. The molecule has 1 fully saturated rings. The Kier molecular flexibility index (Phi) is 20.7. The molecule has 4 aromatic rings. The van der Waals surface area contributed by atoms with E-state index in [1.165, 1.54) is 36.6 Å². The van der Waals surface area contributed by atoms with Gasteiger partial charge in [-0.05, 0) is 92.1 Å². The van der Waals surface area contributed by atoms with Gasteiger partial charge in [-0.1, -0.05) is 117 Å². The van der Waals surface area contributed by atoms with Gasteiger partial charge in [-0.15, -0.1) is 18.3 Å². The number of hydrogen-bond acceptors (Lipinski definition) is 6. The van der Waals surface area contributed by atoms with Crippen LogP contribution in [0.4, 0.5) is 5.69 Å². The van der Waals surface area contributed by atoms with Crippen LogP contribution in [0, 0.1) is 13.8 Å². The molecule has 4 aromatic carbocycles. The SMILES string of the molecule is C=CCc1ccccc1.CCCC.CN.COc1cc(CCSCCC2SC(c3ccc(C)cc3)N(c3cccc(C=O)c3)C2=O)ccc1C. The van der Waals surface area contributed by atoms with E-state index in [1.54, 1.807) is 31.0 Å². The molecule has 2 unspecified atom stereocenters. The minimum absolute atomic E-state index is 0.0972. The minimum atomic E-state index is -0.104. The molecule has 0 saturated carbocycles. The van der Waals surface area contributed by atoms with E-state index in [-0.39, 0.29) is 16.5 Å². The van der Waals surface area contributed by atoms with Crippen LogP contribution in [-0.2, 0) is 17.6 Å². The Balaban J connectivity index is 0.000000483. The van der Waals surface area contributed by atoms with Crippen LogP contribution >= 0.6 is 23.5 Å². The van der Waals surface area contributed by atoms with E-state index in [1.807, 2.05) is 53.1 Å². The first-order valence-corrected chi connectivity index (χ1v) is 19.5. The van der Waals surface area contributed by atoms with E-state index in [0.717, 1.165) is 59.6 Å². The van der Waals surface area contributed by atoms with Gasteiger partial charge < -0.3 is 10.5 Å². The zero-order valence-electron chi connectivity index (χ0n) is 30.8. The van der Waals surface area contributed by atoms with Crippen molar-refractivity contribution in [2.75, 3.05) is 30.6 Å². The predicted octanol–water partition coefficient (Wildman–Crippen LogP) is 10.4. The zero-order valence-corrected chi connectivity index (χ0v) is 32.4. The van der Waals surface area contributed by atoms with Crippen LogP contribution < -0.4 is 15.4 Å². The first kappa shape index (κ1) is 42.4. The van der Waals surface area contributed by atoms with Crippen LogP contribution in [0.3, 0.4) is 0 Å². The van der Waals surface area contributed by atoms with Crippen molar-refractivity contribution >= 4 is 41.4 Å². The molecule has 268 valence electrons. The molecule has 1 heterocycles. The summed E-state index contributed by atoms with van der Waals surface area (Å²) in [6.07, 6.45) is 8.15. The molecule has 50 heavy (non-hydrogen) atoms. The van der Waals surface area contributed by atoms with E-state index < -0.39 is 0 Å². The number of allylic oxidation sites excluding steroid dienone is 1. The number of nitrogens with two attached hydrogens (primary N) is 1. The second kappa shape index (κ2) is 24.4. The molecule has 5 rings (SSSR count). The van der Waals surface area contributed by atoms with Crippen LogP contribution in [-0.4, -0.2) is 43.1 Å². The number of thioether (sulfide) groups is 2. The largest absolute Gasteiger partial charge is 0.496 e. The first-order valence-electron chi connectivity index (χ1n) is 17.4. The number of nitrogens with zero attached hydrogens (tertiary/aromatic N) is 1. The topological polar surface area (TPSA) is 72.6 Å². The van der Waals surface area contributed by atoms with Gasteiger partial charge in [0.05, 0.1) is 12.4 Å². The van der Waals surface area contributed by atoms with E-state index >= 15 is 0 Å². The van der Waals surface area contributed by atoms with Crippen molar-refractivity contribution in [2.45, 2.75) is 70.4 Å². The lowest BCUT2D eigenvalue weighted by Gasteiger charge is -2.24. The molecule has 5 nitrogen and oxygen atoms in total. The van der Waals surface area contributed by atoms with Crippen LogP contribution in [0.25, 0.3) is 0 Å². The number of carbonyl (C=O) groups excluding carboxylic acids is 2. The third kappa shape index (κ3) is 13.9. The number of hydrogen-bond donors (Lipinski definition) is 1. The maximum Gasteiger partial charge on any atom is 0.241 e. The molecule has 0 bridgehead atoms. The van der Waals surface area contributed by atoms with E-state index in [0.29, 0.717) is 5.56 Å². The lowest BCUT2D eigenvalue weighted by atomic mass is 10.1. The molecule has 2 N–H and O–H groups in total. The van der Waals surface area contributed by atoms with Gasteiger partial charge in [0.15, 0.2) is 0 Å². The van der Waals surface area contributed by atoms with Crippen LogP contribution in [0.5, 0.6) is 5.75 Å². The van der Waals surface area contributed by atoms with Crippen molar-refractivity contribution in [2.24, 2.45) is 5.73 Å². The van der Waals surface area contributed by atoms with Gasteiger partial charge in [0, 0.05) is 11.3 Å². The fourth-order valence-electron chi connectivity index (χ4n) is 4.99. The van der Waals surface area contributed by atoms with Crippen LogP contribution in [0.15, 0.2) is 110 Å². The van der Waals surface area contributed by atoms with Gasteiger partial charge in [-0.3, -0.25) is 14.5 Å². The van der Waals surface area contributed by atoms with E-state index in [4.69, 9.17) is 4.74 Å². The van der Waals surface area contributed by atoms with E-state index in [9.17, 15) is 9.59 Å². The van der Waals surface area contributed by atoms with Gasteiger partial charge in [-0.2, -0.15) is 11.8 Å². The summed E-state index contributed by atoms with van der Waals surface area (Å²) in [4.78, 5) is 26.8. The number of aryl methyl sites for hydroxylation is 3. The molecule has 1 aliphatic rings. The van der Waals surface area contributed by atoms with Crippen molar-refractivity contribution < 1.29 is 14.3 Å². The Morgan fingerprint density at radius 2 is 1.58 bits per heavy atom. The summed E-state index contributed by atoms with van der Waals surface area (Å²) in [6, 6.07) is 32.4. The predicted molar refractivity (Wildman–Crippen MR) is 219 cm³/mol. The van der Waals surface area contributed by atoms with Crippen molar-refractivity contribution in [1.29, 1.82) is 0 Å². The fourth-order valence-corrected chi connectivity index (χ4v) is 7.58. The summed E-state index contributed by atoms with van der Waals surface area (Å²) >= 11 is 3.60. The number of ether oxygens (including phenoxy) is 1. The normalized spacial score (nSPS) is 14.6. The number of methoxy groups -OCH3 is 1. The summed E-state index contributed by atoms with van der Waals surface area (Å²) in [7, 11) is 3.21. The summed E-state index contributed by atoms with van der Waals surface area (Å²) in [5.41, 5.74) is 11.9. The summed E-state index contributed by atoms with van der Waals surface area (Å²) in [5, 5.41) is -0.201. The van der Waals surface area contributed by atoms with Gasteiger partial charge in [0.2, 0.25) is 5.91 Å². The fraction of sp³-hybridized carbons (Fsp3) is 0.349. The summed E-state index contributed by atoms with van der Waals surface area (Å²) in [6.45, 7) is 12.1. The Morgan fingerprint density at radius 1 is 0.880 bits per heavy atom. The number of carbonyl (C=O) groups is 2. The molecule has 7 heteroatoms. The van der Waals surface area contributed by atoms with Crippen molar-refractivity contribution in [3.8, 4) is 5.75 Å². The highest BCUT2D eigenvalue weighted by molar-refractivity contribution is 8.01. The van der Waals surface area contributed by atoms with Crippen molar-refractivity contribution in [3.05, 3.63) is 143 Å². The number of rotatable bonds is 13. The molecule has 1 amide bonds. The lowest BCUT2D eigenvalue weighted by molar-refractivity contribution is -0.117. The van der Waals surface area contributed by atoms with Crippen molar-refractivity contribution in [1.82, 2.24) is 0 Å².